The number of ether oxygens (including phenoxy) is 1. The van der Waals surface area contributed by atoms with Gasteiger partial charge in [-0.2, -0.15) is 0 Å². The van der Waals surface area contributed by atoms with Crippen LogP contribution in [0, 0.1) is 0 Å². The Balaban J connectivity index is 2.22. The van der Waals surface area contributed by atoms with Gasteiger partial charge in [0, 0.05) is 10.7 Å². The first kappa shape index (κ1) is 19.4. The van der Waals surface area contributed by atoms with Gasteiger partial charge in [-0.05, 0) is 42.5 Å². The Hall–Kier alpha value is -1.96. The zero-order valence-corrected chi connectivity index (χ0v) is 15.8. The summed E-state index contributed by atoms with van der Waals surface area (Å²) in [6.07, 6.45) is 1.01. The lowest BCUT2D eigenvalue weighted by atomic mass is 10.3. The Kier molecular flexibility index (Phi) is 6.16. The third-order valence-corrected chi connectivity index (χ3v) is 4.93. The van der Waals surface area contributed by atoms with E-state index in [9.17, 15) is 13.2 Å². The number of carbonyl (C=O) groups is 1. The lowest BCUT2D eigenvalue weighted by Gasteiger charge is -2.22. The van der Waals surface area contributed by atoms with Gasteiger partial charge < -0.3 is 10.1 Å². The molecule has 0 saturated carbocycles. The Morgan fingerprint density at radius 2 is 1.80 bits per heavy atom. The van der Waals surface area contributed by atoms with Crippen molar-refractivity contribution in [2.45, 2.75) is 0 Å². The quantitative estimate of drug-likeness (QED) is 0.802. The predicted octanol–water partition coefficient (Wildman–Crippen LogP) is 3.41. The molecule has 0 aliphatic carbocycles. The summed E-state index contributed by atoms with van der Waals surface area (Å²) in [4.78, 5) is 12.2. The van der Waals surface area contributed by atoms with Crippen LogP contribution in [0.5, 0.6) is 5.75 Å². The van der Waals surface area contributed by atoms with Crippen LogP contribution in [-0.4, -0.2) is 34.2 Å². The highest BCUT2D eigenvalue weighted by atomic mass is 35.5. The van der Waals surface area contributed by atoms with Crippen LogP contribution in [0.3, 0.4) is 0 Å². The van der Waals surface area contributed by atoms with Crippen molar-refractivity contribution >= 4 is 50.5 Å². The highest BCUT2D eigenvalue weighted by Gasteiger charge is 2.22. The number of rotatable bonds is 6. The van der Waals surface area contributed by atoms with E-state index in [4.69, 9.17) is 27.9 Å². The maximum Gasteiger partial charge on any atom is 0.245 e. The minimum atomic E-state index is -3.70. The molecule has 9 heteroatoms. The van der Waals surface area contributed by atoms with E-state index in [-0.39, 0.29) is 10.7 Å². The molecule has 25 heavy (non-hydrogen) atoms. The van der Waals surface area contributed by atoms with Crippen LogP contribution in [0.2, 0.25) is 10.0 Å². The van der Waals surface area contributed by atoms with Crippen molar-refractivity contribution in [1.82, 2.24) is 0 Å². The summed E-state index contributed by atoms with van der Waals surface area (Å²) in [6, 6.07) is 11.0. The van der Waals surface area contributed by atoms with Gasteiger partial charge >= 0.3 is 0 Å². The molecule has 6 nitrogen and oxygen atoms in total. The molecule has 0 fully saturated rings. The van der Waals surface area contributed by atoms with Crippen LogP contribution in [0.15, 0.2) is 42.5 Å². The molecule has 134 valence electrons. The maximum absolute atomic E-state index is 12.2. The molecule has 2 aromatic rings. The van der Waals surface area contributed by atoms with E-state index in [1.807, 2.05) is 0 Å². The Labute approximate surface area is 156 Å². The monoisotopic (exact) mass is 402 g/mol. The van der Waals surface area contributed by atoms with Gasteiger partial charge in [-0.1, -0.05) is 23.2 Å². The van der Waals surface area contributed by atoms with Crippen molar-refractivity contribution in [3.8, 4) is 5.75 Å². The molecule has 1 amide bonds. The number of nitrogens with zero attached hydrogens (tertiary/aromatic N) is 1. The molecule has 0 aliphatic heterocycles. The molecule has 2 rings (SSSR count). The van der Waals surface area contributed by atoms with E-state index in [0.29, 0.717) is 16.5 Å². The van der Waals surface area contributed by atoms with Gasteiger partial charge in [-0.15, -0.1) is 0 Å². The number of carbonyl (C=O) groups excluding carboxylic acids is 1. The number of anilines is 2. The minimum absolute atomic E-state index is 0.242. The number of sulfonamides is 1. The molecule has 0 saturated heterocycles. The van der Waals surface area contributed by atoms with Crippen LogP contribution in [0.25, 0.3) is 0 Å². The summed E-state index contributed by atoms with van der Waals surface area (Å²) in [5.41, 5.74) is 0.773. The number of halogens is 2. The van der Waals surface area contributed by atoms with E-state index in [1.54, 1.807) is 24.3 Å². The summed E-state index contributed by atoms with van der Waals surface area (Å²) in [7, 11) is -2.24. The number of nitrogens with one attached hydrogen (secondary N) is 1. The SMILES string of the molecule is COc1ccc(N(CC(=O)Nc2ccc(Cl)cc2)S(C)(=O)=O)cc1Cl. The van der Waals surface area contributed by atoms with Gasteiger partial charge in [0.25, 0.3) is 0 Å². The standard InChI is InChI=1S/C16H16Cl2N2O4S/c1-24-15-8-7-13(9-14(15)18)20(25(2,22)23)10-16(21)19-12-5-3-11(17)4-6-12/h3-9H,10H2,1-2H3,(H,19,21). The van der Waals surface area contributed by atoms with Gasteiger partial charge in [0.1, 0.15) is 12.3 Å². The average molecular weight is 403 g/mol. The number of hydrogen-bond acceptors (Lipinski definition) is 4. The summed E-state index contributed by atoms with van der Waals surface area (Å²) in [5, 5.41) is 3.39. The fourth-order valence-electron chi connectivity index (χ4n) is 2.07. The third kappa shape index (κ3) is 5.26. The van der Waals surface area contributed by atoms with E-state index in [1.165, 1.54) is 25.3 Å². The molecule has 2 aromatic carbocycles. The van der Waals surface area contributed by atoms with Crippen molar-refractivity contribution in [2.75, 3.05) is 29.5 Å². The normalized spacial score (nSPS) is 11.0. The lowest BCUT2D eigenvalue weighted by molar-refractivity contribution is -0.114. The van der Waals surface area contributed by atoms with E-state index < -0.39 is 22.5 Å². The largest absolute Gasteiger partial charge is 0.495 e. The Morgan fingerprint density at radius 3 is 2.32 bits per heavy atom. The molecule has 0 heterocycles. The van der Waals surface area contributed by atoms with Gasteiger partial charge in [0.2, 0.25) is 15.9 Å². The fourth-order valence-corrected chi connectivity index (χ4v) is 3.30. The average Bonchev–Trinajstić information content (AvgIpc) is 2.53. The van der Waals surface area contributed by atoms with Crippen LogP contribution in [0.4, 0.5) is 11.4 Å². The summed E-state index contributed by atoms with van der Waals surface area (Å²) < 4.78 is 30.2. The number of methoxy groups -OCH3 is 1. The summed E-state index contributed by atoms with van der Waals surface area (Å²) in [6.45, 7) is -0.399. The second kappa shape index (κ2) is 7.95. The highest BCUT2D eigenvalue weighted by molar-refractivity contribution is 7.92. The van der Waals surface area contributed by atoms with E-state index in [0.717, 1.165) is 10.6 Å². The molecule has 0 spiro atoms. The molecule has 1 N–H and O–H groups in total. The number of amides is 1. The van der Waals surface area contributed by atoms with Crippen molar-refractivity contribution in [2.24, 2.45) is 0 Å². The first-order chi connectivity index (χ1) is 11.7. The summed E-state index contributed by atoms with van der Waals surface area (Å²) >= 11 is 11.8. The zero-order valence-electron chi connectivity index (χ0n) is 13.5. The molecular formula is C16H16Cl2N2O4S. The van der Waals surface area contributed by atoms with Crippen molar-refractivity contribution in [3.63, 3.8) is 0 Å². The van der Waals surface area contributed by atoms with Gasteiger partial charge in [0.15, 0.2) is 0 Å². The van der Waals surface area contributed by atoms with Crippen LogP contribution < -0.4 is 14.4 Å². The van der Waals surface area contributed by atoms with Crippen molar-refractivity contribution in [3.05, 3.63) is 52.5 Å². The number of hydrogen-bond donors (Lipinski definition) is 1. The Morgan fingerprint density at radius 1 is 1.16 bits per heavy atom. The predicted molar refractivity (Wildman–Crippen MR) is 100 cm³/mol. The molecule has 0 bridgehead atoms. The first-order valence-electron chi connectivity index (χ1n) is 7.07. The molecule has 0 radical (unpaired) electrons. The van der Waals surface area contributed by atoms with Gasteiger partial charge in [-0.3, -0.25) is 9.10 Å². The van der Waals surface area contributed by atoms with Crippen LogP contribution in [0.1, 0.15) is 0 Å². The molecular weight excluding hydrogens is 387 g/mol. The van der Waals surface area contributed by atoms with Crippen molar-refractivity contribution < 1.29 is 17.9 Å². The molecule has 0 atom stereocenters. The number of benzene rings is 2. The molecule has 0 unspecified atom stereocenters. The second-order valence-corrected chi connectivity index (χ2v) is 7.89. The van der Waals surface area contributed by atoms with E-state index >= 15 is 0 Å². The van der Waals surface area contributed by atoms with Crippen LogP contribution >= 0.6 is 23.2 Å². The third-order valence-electron chi connectivity index (χ3n) is 3.24. The first-order valence-corrected chi connectivity index (χ1v) is 9.68. The Bertz CT molecular complexity index is 870. The van der Waals surface area contributed by atoms with Crippen molar-refractivity contribution in [1.29, 1.82) is 0 Å². The topological polar surface area (TPSA) is 75.7 Å². The molecule has 0 aromatic heterocycles. The lowest BCUT2D eigenvalue weighted by Crippen LogP contribution is -2.37. The van der Waals surface area contributed by atoms with Gasteiger partial charge in [0.05, 0.1) is 24.1 Å². The van der Waals surface area contributed by atoms with E-state index in [2.05, 4.69) is 5.32 Å². The molecule has 0 aliphatic rings. The highest BCUT2D eigenvalue weighted by Crippen LogP contribution is 2.30. The zero-order chi connectivity index (χ0) is 18.6. The maximum atomic E-state index is 12.2. The van der Waals surface area contributed by atoms with Gasteiger partial charge in [-0.25, -0.2) is 8.42 Å². The second-order valence-electron chi connectivity index (χ2n) is 5.14. The van der Waals surface area contributed by atoms with Crippen LogP contribution in [-0.2, 0) is 14.8 Å². The summed E-state index contributed by atoms with van der Waals surface area (Å²) in [5.74, 6) is -0.0934. The fraction of sp³-hybridized carbons (Fsp3) is 0.188. The smallest absolute Gasteiger partial charge is 0.245 e. The minimum Gasteiger partial charge on any atom is -0.495 e.